The van der Waals surface area contributed by atoms with Crippen molar-refractivity contribution < 1.29 is 23.9 Å². The third-order valence-electron chi connectivity index (χ3n) is 6.28. The van der Waals surface area contributed by atoms with Crippen LogP contribution >= 0.6 is 0 Å². The van der Waals surface area contributed by atoms with E-state index in [9.17, 15) is 14.4 Å². The van der Waals surface area contributed by atoms with Crippen LogP contribution in [0, 0.1) is 0 Å². The van der Waals surface area contributed by atoms with Gasteiger partial charge in [-0.15, -0.1) is 0 Å². The van der Waals surface area contributed by atoms with Gasteiger partial charge in [-0.1, -0.05) is 74.5 Å². The molecule has 0 radical (unpaired) electrons. The van der Waals surface area contributed by atoms with Gasteiger partial charge < -0.3 is 30.0 Å². The molecule has 0 aliphatic rings. The number of hydrogen-bond acceptors (Lipinski definition) is 6. The molecule has 0 aliphatic carbocycles. The van der Waals surface area contributed by atoms with Crippen molar-refractivity contribution in [2.45, 2.75) is 38.3 Å². The largest absolute Gasteiger partial charge is 0.445 e. The molecular formula is C29H37N5O5. The second-order valence-corrected chi connectivity index (χ2v) is 9.82. The molecule has 1 unspecified atom stereocenters. The highest BCUT2D eigenvalue weighted by Crippen LogP contribution is 2.21. The second kappa shape index (κ2) is 14.7. The molecule has 0 bridgehead atoms. The topological polar surface area (TPSA) is 126 Å². The number of methoxy groups -OCH3 is 1. The lowest BCUT2D eigenvalue weighted by molar-refractivity contribution is -0.138. The Morgan fingerprint density at radius 3 is 2.38 bits per heavy atom. The number of aromatic nitrogens is 2. The molecule has 3 rings (SSSR count). The van der Waals surface area contributed by atoms with Gasteiger partial charge in [-0.25, -0.2) is 9.78 Å². The average molecular weight is 536 g/mol. The zero-order chi connectivity index (χ0) is 28.1. The lowest BCUT2D eigenvalue weighted by atomic mass is 9.84. The zero-order valence-corrected chi connectivity index (χ0v) is 22.7. The SMILES string of the molecule is COCCN(CC(=O)NCC(C)(C)c1ccccc1)C(=O)C(Cc1cnc[nH]1)NC(=O)OCc1ccccc1. The minimum absolute atomic E-state index is 0.0602. The molecule has 208 valence electrons. The second-order valence-electron chi connectivity index (χ2n) is 9.82. The summed E-state index contributed by atoms with van der Waals surface area (Å²) >= 11 is 0. The number of nitrogens with zero attached hydrogens (tertiary/aromatic N) is 2. The molecule has 1 atom stereocenters. The first-order valence-electron chi connectivity index (χ1n) is 12.8. The highest BCUT2D eigenvalue weighted by atomic mass is 16.5. The summed E-state index contributed by atoms with van der Waals surface area (Å²) in [5.74, 6) is -0.744. The maximum atomic E-state index is 13.6. The predicted molar refractivity (Wildman–Crippen MR) is 147 cm³/mol. The molecule has 3 amide bonds. The molecule has 0 spiro atoms. The van der Waals surface area contributed by atoms with Crippen LogP contribution in [0.4, 0.5) is 4.79 Å². The summed E-state index contributed by atoms with van der Waals surface area (Å²) in [6.07, 6.45) is 2.48. The van der Waals surface area contributed by atoms with Gasteiger partial charge in [0.1, 0.15) is 12.6 Å². The molecule has 0 saturated heterocycles. The maximum absolute atomic E-state index is 13.6. The normalized spacial score (nSPS) is 11.9. The van der Waals surface area contributed by atoms with Crippen molar-refractivity contribution in [3.63, 3.8) is 0 Å². The van der Waals surface area contributed by atoms with Gasteiger partial charge in [0.25, 0.3) is 0 Å². The summed E-state index contributed by atoms with van der Waals surface area (Å²) in [5, 5.41) is 5.61. The van der Waals surface area contributed by atoms with E-state index >= 15 is 0 Å². The van der Waals surface area contributed by atoms with Crippen LogP contribution in [0.15, 0.2) is 73.2 Å². The number of carbonyl (C=O) groups is 3. The van der Waals surface area contributed by atoms with Crippen molar-refractivity contribution in [1.29, 1.82) is 0 Å². The third kappa shape index (κ3) is 9.57. The number of carbonyl (C=O) groups excluding carboxylic acids is 3. The lowest BCUT2D eigenvalue weighted by Crippen LogP contribution is -2.53. The van der Waals surface area contributed by atoms with Gasteiger partial charge in [0.15, 0.2) is 0 Å². The fourth-order valence-corrected chi connectivity index (χ4v) is 3.95. The number of alkyl carbamates (subject to hydrolysis) is 1. The van der Waals surface area contributed by atoms with E-state index in [1.54, 1.807) is 6.20 Å². The van der Waals surface area contributed by atoms with Crippen LogP contribution in [-0.2, 0) is 37.5 Å². The zero-order valence-electron chi connectivity index (χ0n) is 22.7. The number of H-pyrrole nitrogens is 1. The van der Waals surface area contributed by atoms with Crippen molar-refractivity contribution in [2.75, 3.05) is 33.4 Å². The van der Waals surface area contributed by atoms with Gasteiger partial charge in [-0.2, -0.15) is 0 Å². The van der Waals surface area contributed by atoms with E-state index in [4.69, 9.17) is 9.47 Å². The molecule has 39 heavy (non-hydrogen) atoms. The van der Waals surface area contributed by atoms with Crippen molar-refractivity contribution in [3.8, 4) is 0 Å². The molecule has 3 aromatic rings. The van der Waals surface area contributed by atoms with Gasteiger partial charge in [0.2, 0.25) is 11.8 Å². The molecule has 10 nitrogen and oxygen atoms in total. The number of amides is 3. The fraction of sp³-hybridized carbons (Fsp3) is 0.379. The van der Waals surface area contributed by atoms with E-state index < -0.39 is 18.0 Å². The van der Waals surface area contributed by atoms with Gasteiger partial charge in [-0.05, 0) is 11.1 Å². The van der Waals surface area contributed by atoms with Crippen molar-refractivity contribution >= 4 is 17.9 Å². The summed E-state index contributed by atoms with van der Waals surface area (Å²) in [6, 6.07) is 18.2. The molecule has 0 fully saturated rings. The van der Waals surface area contributed by atoms with Crippen LogP contribution in [0.2, 0.25) is 0 Å². The number of hydrogen-bond donors (Lipinski definition) is 3. The third-order valence-corrected chi connectivity index (χ3v) is 6.28. The van der Waals surface area contributed by atoms with Crippen LogP contribution in [0.5, 0.6) is 0 Å². The molecule has 10 heteroatoms. The average Bonchev–Trinajstić information content (AvgIpc) is 3.46. The van der Waals surface area contributed by atoms with E-state index in [0.29, 0.717) is 12.2 Å². The number of ether oxygens (including phenoxy) is 2. The Morgan fingerprint density at radius 2 is 1.74 bits per heavy atom. The van der Waals surface area contributed by atoms with Gasteiger partial charge in [0, 0.05) is 43.9 Å². The van der Waals surface area contributed by atoms with Gasteiger partial charge in [-0.3, -0.25) is 9.59 Å². The predicted octanol–water partition coefficient (Wildman–Crippen LogP) is 2.82. The number of nitrogens with one attached hydrogen (secondary N) is 3. The Bertz CT molecular complexity index is 1170. The molecule has 0 saturated carbocycles. The highest BCUT2D eigenvalue weighted by Gasteiger charge is 2.29. The van der Waals surface area contributed by atoms with E-state index in [2.05, 4.69) is 20.6 Å². The minimum atomic E-state index is -0.987. The van der Waals surface area contributed by atoms with E-state index in [0.717, 1.165) is 11.1 Å². The Hall–Kier alpha value is -4.18. The summed E-state index contributed by atoms with van der Waals surface area (Å²) in [6.45, 7) is 4.75. The first-order valence-corrected chi connectivity index (χ1v) is 12.8. The summed E-state index contributed by atoms with van der Waals surface area (Å²) in [4.78, 5) is 47.5. The Labute approximate surface area is 229 Å². The minimum Gasteiger partial charge on any atom is -0.445 e. The Morgan fingerprint density at radius 1 is 1.05 bits per heavy atom. The monoisotopic (exact) mass is 535 g/mol. The Kier molecular flexibility index (Phi) is 11.1. The van der Waals surface area contributed by atoms with Crippen molar-refractivity contribution in [1.82, 2.24) is 25.5 Å². The van der Waals surface area contributed by atoms with Gasteiger partial charge in [0.05, 0.1) is 19.5 Å². The highest BCUT2D eigenvalue weighted by molar-refractivity contribution is 5.89. The molecule has 0 aliphatic heterocycles. The van der Waals surface area contributed by atoms with Crippen LogP contribution in [0.1, 0.15) is 30.7 Å². The first kappa shape index (κ1) is 29.4. The smallest absolute Gasteiger partial charge is 0.408 e. The maximum Gasteiger partial charge on any atom is 0.408 e. The molecule has 1 heterocycles. The number of imidazole rings is 1. The van der Waals surface area contributed by atoms with Crippen molar-refractivity contribution in [2.24, 2.45) is 0 Å². The summed E-state index contributed by atoms with van der Waals surface area (Å²) < 4.78 is 10.5. The molecule has 2 aromatic carbocycles. The Balaban J connectivity index is 1.66. The molecule has 1 aromatic heterocycles. The van der Waals surface area contributed by atoms with E-state index in [-0.39, 0.29) is 44.0 Å². The molecular weight excluding hydrogens is 498 g/mol. The van der Waals surface area contributed by atoms with Crippen LogP contribution in [-0.4, -0.2) is 72.2 Å². The van der Waals surface area contributed by atoms with E-state index in [1.165, 1.54) is 18.3 Å². The first-order chi connectivity index (χ1) is 18.8. The van der Waals surface area contributed by atoms with Crippen molar-refractivity contribution in [3.05, 3.63) is 90.0 Å². The molecule has 3 N–H and O–H groups in total. The fourth-order valence-electron chi connectivity index (χ4n) is 3.95. The van der Waals surface area contributed by atoms with Crippen LogP contribution in [0.3, 0.4) is 0 Å². The summed E-state index contributed by atoms with van der Waals surface area (Å²) in [7, 11) is 1.52. The quantitative estimate of drug-likeness (QED) is 0.292. The van der Waals surface area contributed by atoms with Crippen LogP contribution < -0.4 is 10.6 Å². The number of benzene rings is 2. The lowest BCUT2D eigenvalue weighted by Gasteiger charge is -2.29. The summed E-state index contributed by atoms with van der Waals surface area (Å²) in [5.41, 5.74) is 2.26. The van der Waals surface area contributed by atoms with E-state index in [1.807, 2.05) is 74.5 Å². The van der Waals surface area contributed by atoms with Gasteiger partial charge >= 0.3 is 6.09 Å². The van der Waals surface area contributed by atoms with Crippen LogP contribution in [0.25, 0.3) is 0 Å². The number of aromatic amines is 1. The number of rotatable bonds is 14. The standard InChI is InChI=1S/C29H37N5O5/c1-29(2,23-12-8-5-9-13-23)20-31-26(35)18-34(14-15-38-3)27(36)25(16-24-17-30-21-32-24)33-28(37)39-19-22-10-6-4-7-11-22/h4-13,17,21,25H,14-16,18-20H2,1-3H3,(H,30,32)(H,31,35)(H,33,37).